The Morgan fingerprint density at radius 2 is 1.71 bits per heavy atom. The molecule has 0 saturated heterocycles. The molecule has 0 spiro atoms. The third-order valence-corrected chi connectivity index (χ3v) is 5.42. The van der Waals surface area contributed by atoms with Gasteiger partial charge in [0.25, 0.3) is 0 Å². The molecule has 0 aromatic heterocycles. The average Bonchev–Trinajstić information content (AvgIpc) is 2.80. The second kappa shape index (κ2) is 10.8. The molecular formula is C25H32N2O4. The topological polar surface area (TPSA) is 67.9 Å². The molecule has 0 aliphatic carbocycles. The van der Waals surface area contributed by atoms with Crippen LogP contribution in [0.4, 0.5) is 0 Å². The number of hydrogen-bond acceptors (Lipinski definition) is 4. The SMILES string of the molecule is CCCNC(=O)C(C)N(Cc1ccc(C)cc1)C(=O)CCc1ccc2c(c1)OCCO2. The Bertz CT molecular complexity index is 895. The maximum absolute atomic E-state index is 13.2. The summed E-state index contributed by atoms with van der Waals surface area (Å²) < 4.78 is 11.2. The highest BCUT2D eigenvalue weighted by Crippen LogP contribution is 2.31. The second-order valence-electron chi connectivity index (χ2n) is 7.95. The minimum absolute atomic E-state index is 0.0467. The molecule has 0 fully saturated rings. The van der Waals surface area contributed by atoms with Crippen LogP contribution in [-0.4, -0.2) is 42.5 Å². The van der Waals surface area contributed by atoms with Crippen LogP contribution in [0.5, 0.6) is 11.5 Å². The molecule has 6 heteroatoms. The molecule has 1 heterocycles. The molecule has 2 aromatic rings. The van der Waals surface area contributed by atoms with Gasteiger partial charge in [-0.3, -0.25) is 9.59 Å². The fraction of sp³-hybridized carbons (Fsp3) is 0.440. The van der Waals surface area contributed by atoms with Gasteiger partial charge in [0.15, 0.2) is 11.5 Å². The van der Waals surface area contributed by atoms with E-state index < -0.39 is 6.04 Å². The summed E-state index contributed by atoms with van der Waals surface area (Å²) >= 11 is 0. The van der Waals surface area contributed by atoms with Crippen LogP contribution in [-0.2, 0) is 22.6 Å². The number of rotatable bonds is 9. The van der Waals surface area contributed by atoms with Gasteiger partial charge in [-0.05, 0) is 49.9 Å². The molecule has 0 bridgehead atoms. The van der Waals surface area contributed by atoms with Crippen molar-refractivity contribution >= 4 is 11.8 Å². The van der Waals surface area contributed by atoms with Crippen LogP contribution in [0.15, 0.2) is 42.5 Å². The Labute approximate surface area is 184 Å². The normalized spacial score (nSPS) is 13.4. The van der Waals surface area contributed by atoms with E-state index in [-0.39, 0.29) is 11.8 Å². The summed E-state index contributed by atoms with van der Waals surface area (Å²) in [6, 6.07) is 13.3. The smallest absolute Gasteiger partial charge is 0.242 e. The number of aryl methyl sites for hydroxylation is 2. The number of hydrogen-bond donors (Lipinski definition) is 1. The lowest BCUT2D eigenvalue weighted by molar-refractivity contribution is -0.140. The molecule has 1 N–H and O–H groups in total. The second-order valence-corrected chi connectivity index (χ2v) is 7.95. The van der Waals surface area contributed by atoms with E-state index >= 15 is 0 Å². The number of amides is 2. The standard InChI is InChI=1S/C25H32N2O4/c1-4-13-26-25(29)19(3)27(17-21-7-5-18(2)6-8-21)24(28)12-10-20-9-11-22-23(16-20)31-15-14-30-22/h5-9,11,16,19H,4,10,12-15,17H2,1-3H3,(H,26,29). The monoisotopic (exact) mass is 424 g/mol. The van der Waals surface area contributed by atoms with Crippen molar-refractivity contribution in [1.82, 2.24) is 10.2 Å². The van der Waals surface area contributed by atoms with Crippen LogP contribution in [0.2, 0.25) is 0 Å². The zero-order chi connectivity index (χ0) is 22.2. The van der Waals surface area contributed by atoms with Gasteiger partial charge in [0.2, 0.25) is 11.8 Å². The molecule has 0 radical (unpaired) electrons. The lowest BCUT2D eigenvalue weighted by Gasteiger charge is -2.29. The Morgan fingerprint density at radius 1 is 1.03 bits per heavy atom. The zero-order valence-corrected chi connectivity index (χ0v) is 18.6. The Kier molecular flexibility index (Phi) is 7.93. The molecule has 1 atom stereocenters. The number of ether oxygens (including phenoxy) is 2. The maximum atomic E-state index is 13.2. The molecule has 3 rings (SSSR count). The fourth-order valence-corrected chi connectivity index (χ4v) is 3.51. The van der Waals surface area contributed by atoms with E-state index in [4.69, 9.17) is 9.47 Å². The predicted molar refractivity (Wildman–Crippen MR) is 120 cm³/mol. The summed E-state index contributed by atoms with van der Waals surface area (Å²) in [5, 5.41) is 2.91. The Hall–Kier alpha value is -3.02. The van der Waals surface area contributed by atoms with Gasteiger partial charge in [0.05, 0.1) is 0 Å². The van der Waals surface area contributed by atoms with Gasteiger partial charge >= 0.3 is 0 Å². The van der Waals surface area contributed by atoms with Crippen LogP contribution < -0.4 is 14.8 Å². The molecule has 166 valence electrons. The van der Waals surface area contributed by atoms with Gasteiger partial charge in [0, 0.05) is 19.5 Å². The van der Waals surface area contributed by atoms with Crippen molar-refractivity contribution in [3.63, 3.8) is 0 Å². The van der Waals surface area contributed by atoms with Gasteiger partial charge in [-0.15, -0.1) is 0 Å². The van der Waals surface area contributed by atoms with Gasteiger partial charge in [0.1, 0.15) is 19.3 Å². The summed E-state index contributed by atoms with van der Waals surface area (Å²) in [5.41, 5.74) is 3.18. The van der Waals surface area contributed by atoms with Crippen molar-refractivity contribution in [2.24, 2.45) is 0 Å². The summed E-state index contributed by atoms with van der Waals surface area (Å²) in [4.78, 5) is 27.5. The first kappa shape index (κ1) is 22.7. The minimum Gasteiger partial charge on any atom is -0.486 e. The summed E-state index contributed by atoms with van der Waals surface area (Å²) in [6.45, 7) is 7.92. The number of carbonyl (C=O) groups is 2. The third kappa shape index (κ3) is 6.23. The van der Waals surface area contributed by atoms with Gasteiger partial charge in [-0.25, -0.2) is 0 Å². The highest BCUT2D eigenvalue weighted by Gasteiger charge is 2.26. The lowest BCUT2D eigenvalue weighted by atomic mass is 10.1. The van der Waals surface area contributed by atoms with Gasteiger partial charge in [-0.1, -0.05) is 42.8 Å². The van der Waals surface area contributed by atoms with E-state index in [0.29, 0.717) is 39.1 Å². The molecule has 6 nitrogen and oxygen atoms in total. The van der Waals surface area contributed by atoms with Crippen molar-refractivity contribution in [2.45, 2.75) is 52.6 Å². The van der Waals surface area contributed by atoms with E-state index in [2.05, 4.69) is 5.32 Å². The molecule has 1 unspecified atom stereocenters. The van der Waals surface area contributed by atoms with Crippen LogP contribution in [0, 0.1) is 6.92 Å². The Balaban J connectivity index is 1.69. The van der Waals surface area contributed by atoms with E-state index in [1.165, 1.54) is 0 Å². The molecule has 2 amide bonds. The fourth-order valence-electron chi connectivity index (χ4n) is 3.51. The van der Waals surface area contributed by atoms with Crippen molar-refractivity contribution < 1.29 is 19.1 Å². The number of nitrogens with one attached hydrogen (secondary N) is 1. The van der Waals surface area contributed by atoms with Crippen molar-refractivity contribution in [3.8, 4) is 11.5 Å². The zero-order valence-electron chi connectivity index (χ0n) is 18.6. The number of nitrogens with zero attached hydrogens (tertiary/aromatic N) is 1. The first-order valence-corrected chi connectivity index (χ1v) is 11.0. The summed E-state index contributed by atoms with van der Waals surface area (Å²) in [7, 11) is 0. The minimum atomic E-state index is -0.541. The number of fused-ring (bicyclic) bond motifs is 1. The van der Waals surface area contributed by atoms with Crippen molar-refractivity contribution in [1.29, 1.82) is 0 Å². The van der Waals surface area contributed by atoms with Gasteiger partial charge in [-0.2, -0.15) is 0 Å². The Morgan fingerprint density at radius 3 is 2.42 bits per heavy atom. The molecule has 0 saturated carbocycles. The number of benzene rings is 2. The van der Waals surface area contributed by atoms with Crippen molar-refractivity contribution in [3.05, 3.63) is 59.2 Å². The molecule has 1 aliphatic heterocycles. The largest absolute Gasteiger partial charge is 0.486 e. The summed E-state index contributed by atoms with van der Waals surface area (Å²) in [5.74, 6) is 1.29. The molecular weight excluding hydrogens is 392 g/mol. The molecule has 2 aromatic carbocycles. The first-order chi connectivity index (χ1) is 15.0. The maximum Gasteiger partial charge on any atom is 0.242 e. The van der Waals surface area contributed by atoms with E-state index in [9.17, 15) is 9.59 Å². The lowest BCUT2D eigenvalue weighted by Crippen LogP contribution is -2.47. The molecule has 31 heavy (non-hydrogen) atoms. The van der Waals surface area contributed by atoms with E-state index in [1.807, 2.05) is 56.3 Å². The quantitative estimate of drug-likeness (QED) is 0.667. The van der Waals surface area contributed by atoms with Crippen LogP contribution >= 0.6 is 0 Å². The van der Waals surface area contributed by atoms with Crippen LogP contribution in [0.3, 0.4) is 0 Å². The van der Waals surface area contributed by atoms with E-state index in [1.54, 1.807) is 11.8 Å². The predicted octanol–water partition coefficient (Wildman–Crippen LogP) is 3.64. The highest BCUT2D eigenvalue weighted by molar-refractivity contribution is 5.87. The van der Waals surface area contributed by atoms with Gasteiger partial charge < -0.3 is 19.7 Å². The van der Waals surface area contributed by atoms with Crippen molar-refractivity contribution in [2.75, 3.05) is 19.8 Å². The first-order valence-electron chi connectivity index (χ1n) is 11.0. The number of carbonyl (C=O) groups excluding carboxylic acids is 2. The average molecular weight is 425 g/mol. The molecule has 1 aliphatic rings. The summed E-state index contributed by atoms with van der Waals surface area (Å²) in [6.07, 6.45) is 1.74. The van der Waals surface area contributed by atoms with Crippen LogP contribution in [0.25, 0.3) is 0 Å². The van der Waals surface area contributed by atoms with Crippen LogP contribution in [0.1, 0.15) is 43.4 Å². The third-order valence-electron chi connectivity index (χ3n) is 5.42. The van der Waals surface area contributed by atoms with E-state index in [0.717, 1.165) is 34.6 Å². The highest BCUT2D eigenvalue weighted by atomic mass is 16.6.